The average Bonchev–Trinajstić information content (AvgIpc) is 3.06. The Balaban J connectivity index is 2.19. The molecule has 3 rings (SSSR count). The van der Waals surface area contributed by atoms with Gasteiger partial charge < -0.3 is 19.5 Å². The maximum atomic E-state index is 13.1. The van der Waals surface area contributed by atoms with Crippen molar-refractivity contribution in [1.29, 1.82) is 0 Å². The summed E-state index contributed by atoms with van der Waals surface area (Å²) >= 11 is 0. The number of Topliss-reactive ketones (excluding diaryl/α,β-unsaturated/α-hetero) is 1. The van der Waals surface area contributed by atoms with Gasteiger partial charge in [0.1, 0.15) is 17.3 Å². The molecule has 0 aromatic heterocycles. The van der Waals surface area contributed by atoms with E-state index in [1.54, 1.807) is 43.4 Å². The number of ketones is 1. The highest BCUT2D eigenvalue weighted by Crippen LogP contribution is 2.41. The van der Waals surface area contributed by atoms with Gasteiger partial charge in [0.05, 0.1) is 25.8 Å². The maximum absolute atomic E-state index is 13.1. The van der Waals surface area contributed by atoms with Gasteiger partial charge in [-0.2, -0.15) is 0 Å². The number of likely N-dealkylation sites (tertiary alicyclic amines) is 1. The van der Waals surface area contributed by atoms with Crippen LogP contribution in [0.2, 0.25) is 0 Å². The molecule has 176 valence electrons. The van der Waals surface area contributed by atoms with E-state index in [2.05, 4.69) is 20.8 Å². The molecule has 1 N–H and O–H groups in total. The van der Waals surface area contributed by atoms with Crippen molar-refractivity contribution in [3.8, 4) is 11.5 Å². The van der Waals surface area contributed by atoms with Crippen LogP contribution in [0.3, 0.4) is 0 Å². The maximum Gasteiger partial charge on any atom is 0.295 e. The quantitative estimate of drug-likeness (QED) is 0.355. The molecule has 0 aliphatic carbocycles. The van der Waals surface area contributed by atoms with Crippen LogP contribution in [0.15, 0.2) is 48.0 Å². The van der Waals surface area contributed by atoms with Gasteiger partial charge in [-0.25, -0.2) is 0 Å². The number of ether oxygens (including phenoxy) is 2. The number of hydrogen-bond donors (Lipinski definition) is 1. The number of amides is 1. The van der Waals surface area contributed by atoms with Gasteiger partial charge in [0, 0.05) is 17.7 Å². The van der Waals surface area contributed by atoms with Crippen molar-refractivity contribution in [2.24, 2.45) is 0 Å². The first kappa shape index (κ1) is 24.4. The van der Waals surface area contributed by atoms with E-state index in [0.29, 0.717) is 23.6 Å². The lowest BCUT2D eigenvalue weighted by Crippen LogP contribution is -2.30. The number of carbonyl (C=O) groups is 2. The Labute approximate surface area is 195 Å². The summed E-state index contributed by atoms with van der Waals surface area (Å²) in [6.45, 7) is 8.62. The first-order valence-electron chi connectivity index (χ1n) is 11.2. The highest BCUT2D eigenvalue weighted by molar-refractivity contribution is 6.46. The van der Waals surface area contributed by atoms with Crippen LogP contribution < -0.4 is 9.47 Å². The molecular formula is C27H33NO5. The van der Waals surface area contributed by atoms with Gasteiger partial charge in [-0.15, -0.1) is 0 Å². The Morgan fingerprint density at radius 2 is 1.70 bits per heavy atom. The zero-order valence-corrected chi connectivity index (χ0v) is 20.3. The predicted octanol–water partition coefficient (Wildman–Crippen LogP) is 5.22. The molecular weight excluding hydrogens is 418 g/mol. The van der Waals surface area contributed by atoms with E-state index < -0.39 is 17.7 Å². The molecule has 33 heavy (non-hydrogen) atoms. The number of methoxy groups -OCH3 is 2. The largest absolute Gasteiger partial charge is 0.507 e. The van der Waals surface area contributed by atoms with Gasteiger partial charge in [0.15, 0.2) is 0 Å². The summed E-state index contributed by atoms with van der Waals surface area (Å²) in [6, 6.07) is 11.9. The summed E-state index contributed by atoms with van der Waals surface area (Å²) in [6.07, 6.45) is 1.64. The fourth-order valence-electron chi connectivity index (χ4n) is 4.17. The van der Waals surface area contributed by atoms with E-state index in [4.69, 9.17) is 9.47 Å². The molecule has 6 nitrogen and oxygen atoms in total. The van der Waals surface area contributed by atoms with Crippen LogP contribution in [0.25, 0.3) is 5.76 Å². The summed E-state index contributed by atoms with van der Waals surface area (Å²) in [5.74, 6) is -0.0578. The lowest BCUT2D eigenvalue weighted by molar-refractivity contribution is -0.139. The topological polar surface area (TPSA) is 76.1 Å². The number of nitrogens with zero attached hydrogens (tertiary/aromatic N) is 1. The van der Waals surface area contributed by atoms with E-state index in [1.807, 2.05) is 25.1 Å². The first-order chi connectivity index (χ1) is 15.6. The summed E-state index contributed by atoms with van der Waals surface area (Å²) in [7, 11) is 3.19. The summed E-state index contributed by atoms with van der Waals surface area (Å²) in [5.41, 5.74) is 1.98. The van der Waals surface area contributed by atoms with Gasteiger partial charge in [-0.1, -0.05) is 46.2 Å². The molecule has 2 aromatic carbocycles. The molecule has 6 heteroatoms. The molecule has 2 aromatic rings. The fraction of sp³-hybridized carbons (Fsp3) is 0.407. The lowest BCUT2D eigenvalue weighted by atomic mass is 9.84. The molecule has 0 radical (unpaired) electrons. The number of unbranched alkanes of at least 4 members (excludes halogenated alkanes) is 1. The number of carbonyl (C=O) groups excluding carboxylic acids is 2. The van der Waals surface area contributed by atoms with Crippen molar-refractivity contribution in [1.82, 2.24) is 4.90 Å². The Hall–Kier alpha value is -3.28. The Morgan fingerprint density at radius 3 is 2.24 bits per heavy atom. The van der Waals surface area contributed by atoms with Crippen molar-refractivity contribution < 1.29 is 24.2 Å². The molecule has 1 saturated heterocycles. The normalized spacial score (nSPS) is 18.0. The number of hydrogen-bond acceptors (Lipinski definition) is 5. The highest BCUT2D eigenvalue weighted by Gasteiger charge is 2.45. The van der Waals surface area contributed by atoms with Crippen molar-refractivity contribution in [3.05, 3.63) is 64.7 Å². The van der Waals surface area contributed by atoms with Crippen LogP contribution in [-0.4, -0.2) is 42.5 Å². The summed E-state index contributed by atoms with van der Waals surface area (Å²) < 4.78 is 10.8. The number of aliphatic hydroxyl groups is 1. The molecule has 1 aliphatic rings. The molecule has 0 bridgehead atoms. The Morgan fingerprint density at radius 1 is 1.03 bits per heavy atom. The summed E-state index contributed by atoms with van der Waals surface area (Å²) in [5, 5.41) is 11.4. The molecule has 1 unspecified atom stereocenters. The Bertz CT molecular complexity index is 1060. The predicted molar refractivity (Wildman–Crippen MR) is 129 cm³/mol. The van der Waals surface area contributed by atoms with E-state index in [0.717, 1.165) is 24.0 Å². The minimum atomic E-state index is -0.669. The van der Waals surface area contributed by atoms with Gasteiger partial charge in [-0.3, -0.25) is 9.59 Å². The van der Waals surface area contributed by atoms with Crippen LogP contribution in [0, 0.1) is 0 Å². The van der Waals surface area contributed by atoms with E-state index in [1.165, 1.54) is 0 Å². The summed E-state index contributed by atoms with van der Waals surface area (Å²) in [4.78, 5) is 27.7. The first-order valence-corrected chi connectivity index (χ1v) is 11.2. The van der Waals surface area contributed by atoms with Gasteiger partial charge in [0.2, 0.25) is 0 Å². The zero-order chi connectivity index (χ0) is 24.3. The standard InChI is InChI=1S/C27H33NO5/c1-7-8-15-28-23(17-9-12-19(32-5)13-10-17)22(25(30)26(28)31)24(29)18-11-14-21(33-6)20(16-18)27(2,3)4/h9-14,16,23,29H,7-8,15H2,1-6H3/b24-22-. The molecule has 1 aliphatic heterocycles. The minimum absolute atomic E-state index is 0.103. The second kappa shape index (κ2) is 9.69. The van der Waals surface area contributed by atoms with Gasteiger partial charge >= 0.3 is 0 Å². The van der Waals surface area contributed by atoms with Crippen molar-refractivity contribution in [2.45, 2.75) is 52.0 Å². The Kier molecular flexibility index (Phi) is 7.15. The molecule has 1 heterocycles. The van der Waals surface area contributed by atoms with Crippen LogP contribution in [0.4, 0.5) is 0 Å². The van der Waals surface area contributed by atoms with Gasteiger partial charge in [0.25, 0.3) is 11.7 Å². The monoisotopic (exact) mass is 451 g/mol. The fourth-order valence-corrected chi connectivity index (χ4v) is 4.17. The molecule has 0 saturated carbocycles. The molecule has 1 amide bonds. The zero-order valence-electron chi connectivity index (χ0n) is 20.3. The molecule has 1 atom stereocenters. The van der Waals surface area contributed by atoms with Crippen LogP contribution in [0.1, 0.15) is 63.3 Å². The average molecular weight is 452 g/mol. The molecule has 0 spiro atoms. The minimum Gasteiger partial charge on any atom is -0.507 e. The van der Waals surface area contributed by atoms with Crippen LogP contribution >= 0.6 is 0 Å². The number of rotatable bonds is 7. The van der Waals surface area contributed by atoms with Crippen LogP contribution in [0.5, 0.6) is 11.5 Å². The second-order valence-electron chi connectivity index (χ2n) is 9.28. The van der Waals surface area contributed by atoms with Crippen molar-refractivity contribution in [2.75, 3.05) is 20.8 Å². The van der Waals surface area contributed by atoms with Gasteiger partial charge in [-0.05, 0) is 47.7 Å². The third-order valence-corrected chi connectivity index (χ3v) is 6.00. The third-order valence-electron chi connectivity index (χ3n) is 6.00. The smallest absolute Gasteiger partial charge is 0.295 e. The number of benzene rings is 2. The molecule has 1 fully saturated rings. The number of aliphatic hydroxyl groups excluding tert-OH is 1. The van der Waals surface area contributed by atoms with Crippen LogP contribution in [-0.2, 0) is 15.0 Å². The highest BCUT2D eigenvalue weighted by atomic mass is 16.5. The lowest BCUT2D eigenvalue weighted by Gasteiger charge is -2.26. The second-order valence-corrected chi connectivity index (χ2v) is 9.28. The SMILES string of the molecule is CCCCN1C(=O)C(=O)/C(=C(\O)c2ccc(OC)c(C(C)(C)C)c2)C1c1ccc(OC)cc1. The van der Waals surface area contributed by atoms with E-state index >= 15 is 0 Å². The van der Waals surface area contributed by atoms with Crippen molar-refractivity contribution >= 4 is 17.4 Å². The van der Waals surface area contributed by atoms with Crippen molar-refractivity contribution in [3.63, 3.8) is 0 Å². The van der Waals surface area contributed by atoms with E-state index in [9.17, 15) is 14.7 Å². The third kappa shape index (κ3) is 4.75. The van der Waals surface area contributed by atoms with E-state index in [-0.39, 0.29) is 16.7 Å².